The van der Waals surface area contributed by atoms with Gasteiger partial charge in [-0.05, 0) is 54.2 Å². The lowest BCUT2D eigenvalue weighted by Gasteiger charge is -2.68. The minimum absolute atomic E-state index is 0.136. The number of nitrogens with zero attached hydrogens (tertiary/aromatic N) is 5. The number of imidazole rings is 1. The minimum Gasteiger partial charge on any atom is -0.340 e. The first-order chi connectivity index (χ1) is 15.8. The highest BCUT2D eigenvalue weighted by atomic mass is 16.2. The Morgan fingerprint density at radius 2 is 1.85 bits per heavy atom. The van der Waals surface area contributed by atoms with E-state index in [1.165, 1.54) is 18.5 Å². The maximum absolute atomic E-state index is 13.7. The number of hydrogen-bond donors (Lipinski definition) is 0. The summed E-state index contributed by atoms with van der Waals surface area (Å²) in [7, 11) is 0. The lowest BCUT2D eigenvalue weighted by atomic mass is 9.36. The molecule has 174 valence electrons. The second-order valence-corrected chi connectivity index (χ2v) is 11.0. The maximum atomic E-state index is 13.7. The van der Waals surface area contributed by atoms with E-state index < -0.39 is 0 Å². The van der Waals surface area contributed by atoms with E-state index in [-0.39, 0.29) is 10.8 Å². The van der Waals surface area contributed by atoms with Crippen molar-refractivity contribution in [2.75, 3.05) is 26.2 Å². The first-order valence-corrected chi connectivity index (χ1v) is 12.3. The number of aromatic nitrogens is 2. The number of amides is 1. The van der Waals surface area contributed by atoms with E-state index in [2.05, 4.69) is 46.2 Å². The molecule has 2 bridgehead atoms. The fourth-order valence-corrected chi connectivity index (χ4v) is 6.83. The van der Waals surface area contributed by atoms with Crippen LogP contribution in [0.1, 0.15) is 56.9 Å². The van der Waals surface area contributed by atoms with Gasteiger partial charge in [-0.3, -0.25) is 9.69 Å². The van der Waals surface area contributed by atoms with Crippen LogP contribution >= 0.6 is 0 Å². The summed E-state index contributed by atoms with van der Waals surface area (Å²) in [4.78, 5) is 22.7. The number of carbonyl (C=O) groups excluding carboxylic acids is 1. The normalized spacial score (nSPS) is 28.7. The molecule has 2 aromatic rings. The Morgan fingerprint density at radius 3 is 2.48 bits per heavy atom. The summed E-state index contributed by atoms with van der Waals surface area (Å²) >= 11 is 0. The zero-order chi connectivity index (χ0) is 23.2. The van der Waals surface area contributed by atoms with Crippen LogP contribution in [0, 0.1) is 34.0 Å². The van der Waals surface area contributed by atoms with Crippen molar-refractivity contribution < 1.29 is 4.79 Å². The highest BCUT2D eigenvalue weighted by molar-refractivity contribution is 5.85. The second kappa shape index (κ2) is 8.29. The Morgan fingerprint density at radius 1 is 1.12 bits per heavy atom. The Hall–Kier alpha value is -2.65. The van der Waals surface area contributed by atoms with Crippen LogP contribution in [0.25, 0.3) is 0 Å². The van der Waals surface area contributed by atoms with E-state index in [4.69, 9.17) is 5.26 Å². The molecular formula is C27H35N5O. The van der Waals surface area contributed by atoms with Gasteiger partial charge in [-0.2, -0.15) is 5.26 Å². The summed E-state index contributed by atoms with van der Waals surface area (Å²) in [6.07, 6.45) is 7.40. The Bertz CT molecular complexity index is 1060. The third-order valence-electron chi connectivity index (χ3n) is 9.19. The van der Waals surface area contributed by atoms with Crippen LogP contribution in [0.5, 0.6) is 0 Å². The topological polar surface area (TPSA) is 65.2 Å². The number of piperazine rings is 1. The summed E-state index contributed by atoms with van der Waals surface area (Å²) in [6.45, 7) is 12.0. The van der Waals surface area contributed by atoms with Crippen molar-refractivity contribution in [3.63, 3.8) is 0 Å². The molecule has 0 spiro atoms. The number of benzene rings is 1. The van der Waals surface area contributed by atoms with Gasteiger partial charge in [-0.15, -0.1) is 0 Å². The first kappa shape index (κ1) is 22.2. The van der Waals surface area contributed by atoms with E-state index in [0.29, 0.717) is 17.4 Å². The van der Waals surface area contributed by atoms with Crippen LogP contribution in [-0.2, 0) is 17.9 Å². The van der Waals surface area contributed by atoms with Crippen LogP contribution in [0.3, 0.4) is 0 Å². The third kappa shape index (κ3) is 3.58. The molecule has 1 saturated heterocycles. The number of carbonyl (C=O) groups is 1. The monoisotopic (exact) mass is 445 g/mol. The van der Waals surface area contributed by atoms with Gasteiger partial charge in [-0.1, -0.05) is 32.9 Å². The summed E-state index contributed by atoms with van der Waals surface area (Å²) in [5.74, 6) is 1.62. The lowest BCUT2D eigenvalue weighted by Crippen LogP contribution is -2.69. The average molecular weight is 446 g/mol. The lowest BCUT2D eigenvalue weighted by molar-refractivity contribution is -0.212. The van der Waals surface area contributed by atoms with Gasteiger partial charge in [0.05, 0.1) is 29.1 Å². The number of nitriles is 1. The molecular weight excluding hydrogens is 410 g/mol. The van der Waals surface area contributed by atoms with Crippen molar-refractivity contribution in [1.82, 2.24) is 19.4 Å². The van der Waals surface area contributed by atoms with Crippen molar-refractivity contribution in [2.45, 2.75) is 53.1 Å². The molecule has 6 nitrogen and oxygen atoms in total. The van der Waals surface area contributed by atoms with Crippen molar-refractivity contribution in [3.05, 3.63) is 53.6 Å². The third-order valence-corrected chi connectivity index (χ3v) is 9.19. The summed E-state index contributed by atoms with van der Waals surface area (Å²) in [6, 6.07) is 9.90. The molecule has 3 atom stereocenters. The van der Waals surface area contributed by atoms with Gasteiger partial charge in [0.25, 0.3) is 0 Å². The summed E-state index contributed by atoms with van der Waals surface area (Å²) < 4.78 is 2.18. The average Bonchev–Trinajstić information content (AvgIpc) is 3.25. The molecule has 0 radical (unpaired) electrons. The molecule has 2 heterocycles. The predicted octanol–water partition coefficient (Wildman–Crippen LogP) is 3.91. The molecule has 3 aliphatic carbocycles. The molecule has 6 rings (SSSR count). The largest absolute Gasteiger partial charge is 0.340 e. The fourth-order valence-electron chi connectivity index (χ4n) is 6.83. The zero-order valence-electron chi connectivity index (χ0n) is 20.1. The minimum atomic E-state index is -0.141. The Balaban J connectivity index is 1.19. The smallest absolute Gasteiger partial charge is 0.229 e. The second-order valence-electron chi connectivity index (χ2n) is 11.0. The molecule has 3 saturated carbocycles. The van der Waals surface area contributed by atoms with Crippen LogP contribution < -0.4 is 0 Å². The highest BCUT2D eigenvalue weighted by Gasteiger charge is 2.68. The van der Waals surface area contributed by atoms with Gasteiger partial charge in [-0.25, -0.2) is 4.98 Å². The quantitative estimate of drug-likeness (QED) is 0.700. The fraction of sp³-hybridized carbons (Fsp3) is 0.593. The van der Waals surface area contributed by atoms with Gasteiger partial charge in [0, 0.05) is 45.5 Å². The van der Waals surface area contributed by atoms with Gasteiger partial charge >= 0.3 is 0 Å². The van der Waals surface area contributed by atoms with Gasteiger partial charge < -0.3 is 9.47 Å². The maximum Gasteiger partial charge on any atom is 0.229 e. The molecule has 1 aliphatic heterocycles. The van der Waals surface area contributed by atoms with Crippen LogP contribution in [-0.4, -0.2) is 51.4 Å². The van der Waals surface area contributed by atoms with Crippen molar-refractivity contribution >= 4 is 5.91 Å². The van der Waals surface area contributed by atoms with Crippen LogP contribution in [0.2, 0.25) is 0 Å². The predicted molar refractivity (Wildman–Crippen MR) is 127 cm³/mol. The van der Waals surface area contributed by atoms with E-state index in [1.54, 1.807) is 0 Å². The van der Waals surface area contributed by atoms with Crippen LogP contribution in [0.15, 0.2) is 36.8 Å². The standard InChI is InChI=1S/C27H35N5O/c1-20-4-9-23-14-27(20,26(23,2)3)25(33)31-12-10-30(11-13-31)18-24-16-29-19-32(24)17-22-7-5-21(15-28)6-8-22/h5-8,16,19-20,23H,4,9-14,17-18H2,1-3H3. The molecule has 3 unspecified atom stereocenters. The molecule has 6 heteroatoms. The van der Waals surface area contributed by atoms with Gasteiger partial charge in [0.2, 0.25) is 5.91 Å². The van der Waals surface area contributed by atoms with E-state index in [9.17, 15) is 4.79 Å². The molecule has 1 aromatic heterocycles. The van der Waals surface area contributed by atoms with Crippen molar-refractivity contribution in [1.29, 1.82) is 5.26 Å². The van der Waals surface area contributed by atoms with Gasteiger partial charge in [0.1, 0.15) is 0 Å². The molecule has 4 fully saturated rings. The van der Waals surface area contributed by atoms with Crippen molar-refractivity contribution in [3.8, 4) is 6.07 Å². The Kier molecular flexibility index (Phi) is 5.56. The molecule has 0 N–H and O–H groups in total. The number of hydrogen-bond acceptors (Lipinski definition) is 4. The van der Waals surface area contributed by atoms with E-state index in [1.807, 2.05) is 36.8 Å². The number of rotatable bonds is 5. The van der Waals surface area contributed by atoms with Gasteiger partial charge in [0.15, 0.2) is 0 Å². The van der Waals surface area contributed by atoms with Crippen LogP contribution in [0.4, 0.5) is 0 Å². The first-order valence-electron chi connectivity index (χ1n) is 12.3. The summed E-state index contributed by atoms with van der Waals surface area (Å²) in [5, 5.41) is 9.00. The van der Waals surface area contributed by atoms with Crippen molar-refractivity contribution in [2.24, 2.45) is 22.7 Å². The highest BCUT2D eigenvalue weighted by Crippen LogP contribution is 2.70. The molecule has 1 amide bonds. The molecule has 33 heavy (non-hydrogen) atoms. The SMILES string of the molecule is CC1CCC2CC1(C(=O)N1CCN(Cc3cncn3Cc3ccc(C#N)cc3)CC1)C2(C)C. The molecule has 4 aliphatic rings. The molecule has 1 aromatic carbocycles. The zero-order valence-corrected chi connectivity index (χ0v) is 20.1. The number of fused-ring (bicyclic) bond motifs is 2. The Labute approximate surface area is 197 Å². The van der Waals surface area contributed by atoms with E-state index >= 15 is 0 Å². The summed E-state index contributed by atoms with van der Waals surface area (Å²) in [5.41, 5.74) is 3.02. The van der Waals surface area contributed by atoms with E-state index in [0.717, 1.165) is 57.2 Å².